The van der Waals surface area contributed by atoms with Crippen LogP contribution in [0.4, 0.5) is 0 Å². The summed E-state index contributed by atoms with van der Waals surface area (Å²) in [4.78, 5) is 0. The Kier molecular flexibility index (Phi) is 7.33. The molecule has 3 aromatic rings. The molecule has 5 atom stereocenters. The second-order valence-electron chi connectivity index (χ2n) is 8.42. The molecular weight excluding hydrogens is 468 g/mol. The highest BCUT2D eigenvalue weighted by atomic mass is 32.1. The van der Waals surface area contributed by atoms with Gasteiger partial charge in [-0.05, 0) is 36.2 Å². The molecule has 182 valence electrons. The van der Waals surface area contributed by atoms with E-state index in [0.29, 0.717) is 17.0 Å². The first-order chi connectivity index (χ1) is 16.8. The lowest BCUT2D eigenvalue weighted by atomic mass is 9.95. The predicted molar refractivity (Wildman–Crippen MR) is 131 cm³/mol. The number of rotatable bonds is 5. The molecule has 0 unspecified atom stereocenters. The minimum atomic E-state index is -1.59. The van der Waals surface area contributed by atoms with Crippen LogP contribution in [0.25, 0.3) is 22.4 Å². The van der Waals surface area contributed by atoms with Crippen LogP contribution in [0, 0.1) is 22.9 Å². The second-order valence-corrected chi connectivity index (χ2v) is 8.81. The monoisotopic (exact) mass is 494 g/mol. The maximum absolute atomic E-state index is 10.8. The van der Waals surface area contributed by atoms with Gasteiger partial charge < -0.3 is 34.5 Å². The number of pyridine rings is 1. The number of aromatic nitrogens is 1. The molecule has 1 aliphatic heterocycles. The third kappa shape index (κ3) is 4.60. The van der Waals surface area contributed by atoms with Crippen molar-refractivity contribution in [2.75, 3.05) is 13.7 Å². The van der Waals surface area contributed by atoms with E-state index in [1.165, 1.54) is 4.57 Å². The summed E-state index contributed by atoms with van der Waals surface area (Å²) in [5.74, 6) is 0.664. The molecule has 0 radical (unpaired) electrons. The summed E-state index contributed by atoms with van der Waals surface area (Å²) in [5, 5.41) is 51.2. The van der Waals surface area contributed by atoms with Crippen molar-refractivity contribution in [1.29, 1.82) is 5.26 Å². The van der Waals surface area contributed by atoms with Crippen molar-refractivity contribution >= 4 is 12.2 Å². The number of hydrogen-bond donors (Lipinski definition) is 4. The first-order valence-corrected chi connectivity index (χ1v) is 11.4. The molecule has 1 aliphatic rings. The van der Waals surface area contributed by atoms with Gasteiger partial charge in [0.15, 0.2) is 6.23 Å². The highest BCUT2D eigenvalue weighted by Gasteiger charge is 2.45. The van der Waals surface area contributed by atoms with E-state index in [1.54, 1.807) is 25.3 Å². The molecule has 2 aromatic carbocycles. The van der Waals surface area contributed by atoms with Gasteiger partial charge in [0.25, 0.3) is 0 Å². The SMILES string of the molecule is COc1ccc(-c2cc(-c3ccc(C)cc3)n([C@@H]3O[C@H](CO)[C@H](O)[C@H](O)[C@H]3O)c(=S)c2C#N)cc1. The van der Waals surface area contributed by atoms with E-state index in [2.05, 4.69) is 6.07 Å². The largest absolute Gasteiger partial charge is 0.497 e. The zero-order valence-electron chi connectivity index (χ0n) is 19.2. The second kappa shape index (κ2) is 10.3. The van der Waals surface area contributed by atoms with Crippen LogP contribution in [0.3, 0.4) is 0 Å². The van der Waals surface area contributed by atoms with Crippen molar-refractivity contribution in [3.8, 4) is 34.2 Å². The average Bonchev–Trinajstić information content (AvgIpc) is 2.88. The maximum atomic E-state index is 10.8. The maximum Gasteiger partial charge on any atom is 0.164 e. The molecule has 2 heterocycles. The van der Waals surface area contributed by atoms with Gasteiger partial charge in [0, 0.05) is 5.56 Å². The van der Waals surface area contributed by atoms with Gasteiger partial charge in [-0.25, -0.2) is 0 Å². The quantitative estimate of drug-likeness (QED) is 0.399. The minimum Gasteiger partial charge on any atom is -0.497 e. The molecule has 0 aliphatic carbocycles. The van der Waals surface area contributed by atoms with Crippen LogP contribution in [0.5, 0.6) is 5.75 Å². The van der Waals surface area contributed by atoms with E-state index >= 15 is 0 Å². The summed E-state index contributed by atoms with van der Waals surface area (Å²) in [6, 6.07) is 18.7. The van der Waals surface area contributed by atoms with E-state index in [4.69, 9.17) is 21.7 Å². The molecule has 1 aromatic heterocycles. The van der Waals surface area contributed by atoms with E-state index in [-0.39, 0.29) is 10.2 Å². The summed E-state index contributed by atoms with van der Waals surface area (Å²) < 4.78 is 12.6. The molecule has 4 N–H and O–H groups in total. The molecule has 0 amide bonds. The van der Waals surface area contributed by atoms with Gasteiger partial charge in [-0.15, -0.1) is 0 Å². The van der Waals surface area contributed by atoms with Crippen LogP contribution in [-0.2, 0) is 4.74 Å². The lowest BCUT2D eigenvalue weighted by Crippen LogP contribution is -2.56. The van der Waals surface area contributed by atoms with E-state index < -0.39 is 37.3 Å². The molecule has 9 heteroatoms. The minimum absolute atomic E-state index is 0.0840. The summed E-state index contributed by atoms with van der Waals surface area (Å²) in [6.45, 7) is 1.37. The zero-order valence-corrected chi connectivity index (χ0v) is 20.0. The summed E-state index contributed by atoms with van der Waals surface area (Å²) in [5.41, 5.74) is 3.80. The van der Waals surface area contributed by atoms with Gasteiger partial charge in [-0.3, -0.25) is 0 Å². The molecule has 1 saturated heterocycles. The summed E-state index contributed by atoms with van der Waals surface area (Å²) >= 11 is 5.74. The van der Waals surface area contributed by atoms with Crippen LogP contribution in [-0.4, -0.2) is 63.1 Å². The fourth-order valence-corrected chi connectivity index (χ4v) is 4.58. The number of methoxy groups -OCH3 is 1. The Bertz CT molecular complexity index is 1300. The standard InChI is InChI=1S/C26H26N2O6S/c1-14-3-5-16(6-4-14)20-11-18(15-7-9-17(33-2)10-8-15)19(12-27)26(35)28(20)25-24(32)23(31)22(30)21(13-29)34-25/h3-11,21-25,29-32H,13H2,1-2H3/t21-,22+,23+,24-,25-/m1/s1. The van der Waals surface area contributed by atoms with Gasteiger partial charge in [0.05, 0.1) is 25.0 Å². The number of benzene rings is 2. The highest BCUT2D eigenvalue weighted by molar-refractivity contribution is 7.71. The molecule has 0 bridgehead atoms. The normalized spacial score (nSPS) is 24.1. The number of nitrogens with zero attached hydrogens (tertiary/aromatic N) is 2. The van der Waals surface area contributed by atoms with Gasteiger partial charge in [-0.2, -0.15) is 5.26 Å². The van der Waals surface area contributed by atoms with Gasteiger partial charge in [0.1, 0.15) is 40.9 Å². The Labute approximate surface area is 207 Å². The molecule has 8 nitrogen and oxygen atoms in total. The number of aliphatic hydroxyl groups excluding tert-OH is 4. The lowest BCUT2D eigenvalue weighted by Gasteiger charge is -2.41. The molecule has 0 spiro atoms. The van der Waals surface area contributed by atoms with E-state index in [1.807, 2.05) is 43.3 Å². The number of aliphatic hydroxyl groups is 4. The van der Waals surface area contributed by atoms with Gasteiger partial charge >= 0.3 is 0 Å². The van der Waals surface area contributed by atoms with Gasteiger partial charge in [-0.1, -0.05) is 54.2 Å². The topological polar surface area (TPSA) is 128 Å². The third-order valence-corrected chi connectivity index (χ3v) is 6.63. The van der Waals surface area contributed by atoms with Crippen molar-refractivity contribution in [2.45, 2.75) is 37.6 Å². The van der Waals surface area contributed by atoms with Crippen molar-refractivity contribution in [3.63, 3.8) is 0 Å². The molecular formula is C26H26N2O6S. The summed E-state index contributed by atoms with van der Waals surface area (Å²) in [6.07, 6.45) is -7.06. The number of nitriles is 1. The Morgan fingerprint density at radius 1 is 1.00 bits per heavy atom. The van der Waals surface area contributed by atoms with Crippen LogP contribution in [0.2, 0.25) is 0 Å². The molecule has 1 fully saturated rings. The van der Waals surface area contributed by atoms with E-state index in [0.717, 1.165) is 16.7 Å². The molecule has 4 rings (SSSR count). The van der Waals surface area contributed by atoms with Crippen molar-refractivity contribution in [2.24, 2.45) is 0 Å². The first-order valence-electron chi connectivity index (χ1n) is 11.0. The number of hydrogen-bond acceptors (Lipinski definition) is 8. The zero-order chi connectivity index (χ0) is 25.3. The van der Waals surface area contributed by atoms with Crippen LogP contribution < -0.4 is 4.74 Å². The molecule has 35 heavy (non-hydrogen) atoms. The highest BCUT2D eigenvalue weighted by Crippen LogP contribution is 2.37. The Hall–Kier alpha value is -3.10. The van der Waals surface area contributed by atoms with Crippen LogP contribution in [0.1, 0.15) is 17.4 Å². The fourth-order valence-electron chi connectivity index (χ4n) is 4.22. The number of aryl methyl sites for hydroxylation is 1. The number of ether oxygens (including phenoxy) is 2. The van der Waals surface area contributed by atoms with Gasteiger partial charge in [0.2, 0.25) is 0 Å². The van der Waals surface area contributed by atoms with Crippen LogP contribution >= 0.6 is 12.2 Å². The fraction of sp³-hybridized carbons (Fsp3) is 0.308. The lowest BCUT2D eigenvalue weighted by molar-refractivity contribution is -0.251. The Balaban J connectivity index is 1.99. The van der Waals surface area contributed by atoms with E-state index in [9.17, 15) is 25.7 Å². The summed E-state index contributed by atoms with van der Waals surface area (Å²) in [7, 11) is 1.57. The predicted octanol–water partition coefficient (Wildman–Crippen LogP) is 2.71. The van der Waals surface area contributed by atoms with Crippen molar-refractivity contribution in [1.82, 2.24) is 4.57 Å². The third-order valence-electron chi connectivity index (χ3n) is 6.22. The van der Waals surface area contributed by atoms with Crippen molar-refractivity contribution in [3.05, 3.63) is 70.4 Å². The molecule has 0 saturated carbocycles. The first kappa shape index (κ1) is 25.0. The Morgan fingerprint density at radius 3 is 2.20 bits per heavy atom. The Morgan fingerprint density at radius 2 is 1.63 bits per heavy atom. The smallest absolute Gasteiger partial charge is 0.164 e. The average molecular weight is 495 g/mol. The van der Waals surface area contributed by atoms with Crippen molar-refractivity contribution < 1.29 is 29.9 Å². The van der Waals surface area contributed by atoms with Crippen LogP contribution in [0.15, 0.2) is 54.6 Å².